The Hall–Kier alpha value is -3.81. The van der Waals surface area contributed by atoms with Gasteiger partial charge in [-0.05, 0) is 43.3 Å². The van der Waals surface area contributed by atoms with E-state index in [0.717, 1.165) is 0 Å². The summed E-state index contributed by atoms with van der Waals surface area (Å²) in [5.74, 6) is 0.516. The summed E-state index contributed by atoms with van der Waals surface area (Å²) in [7, 11) is -0.207. The van der Waals surface area contributed by atoms with E-state index in [1.54, 1.807) is 56.8 Å². The van der Waals surface area contributed by atoms with Crippen LogP contribution in [-0.4, -0.2) is 28.5 Å². The summed E-state index contributed by atoms with van der Waals surface area (Å²) in [6, 6.07) is 11.5. The molecule has 4 aromatic rings. The minimum Gasteiger partial charge on any atom is -0.455 e. The van der Waals surface area contributed by atoms with Crippen LogP contribution in [-0.2, 0) is 24.1 Å². The Morgan fingerprint density at radius 1 is 1.12 bits per heavy atom. The highest BCUT2D eigenvalue weighted by Gasteiger charge is 2.19. The van der Waals surface area contributed by atoms with Crippen molar-refractivity contribution in [3.63, 3.8) is 0 Å². The number of nitrogens with one attached hydrogen (secondary N) is 1. The maximum atomic E-state index is 12.6. The topological polar surface area (TPSA) is 119 Å². The van der Waals surface area contributed by atoms with Crippen LogP contribution >= 0.6 is 11.6 Å². The summed E-state index contributed by atoms with van der Waals surface area (Å²) in [4.78, 5) is 12.6. The summed E-state index contributed by atoms with van der Waals surface area (Å²) in [5, 5.41) is 14.7. The van der Waals surface area contributed by atoms with E-state index in [1.165, 1.54) is 22.2 Å². The lowest BCUT2D eigenvalue weighted by Crippen LogP contribution is -2.16. The molecule has 0 aliphatic rings. The Morgan fingerprint density at radius 3 is 2.56 bits per heavy atom. The quantitative estimate of drug-likeness (QED) is 0.429. The van der Waals surface area contributed by atoms with E-state index in [4.69, 9.17) is 16.3 Å². The number of aryl methyl sites for hydroxylation is 2. The van der Waals surface area contributed by atoms with Crippen molar-refractivity contribution in [1.82, 2.24) is 14.3 Å². The minimum atomic E-state index is -3.54. The van der Waals surface area contributed by atoms with Crippen molar-refractivity contribution in [2.24, 2.45) is 14.1 Å². The third kappa shape index (κ3) is 4.48. The number of sulfonamides is 1. The summed E-state index contributed by atoms with van der Waals surface area (Å²) >= 11 is 6.01. The molecule has 0 radical (unpaired) electrons. The molecule has 2 aromatic carbocycles. The molecule has 11 heteroatoms. The van der Waals surface area contributed by atoms with Gasteiger partial charge in [0, 0.05) is 48.3 Å². The van der Waals surface area contributed by atoms with Crippen LogP contribution in [0.2, 0.25) is 5.02 Å². The summed E-state index contributed by atoms with van der Waals surface area (Å²) in [5.41, 5.74) is 1.80. The van der Waals surface area contributed by atoms with Gasteiger partial charge in [-0.2, -0.15) is 10.4 Å². The number of fused-ring (bicyclic) bond motifs is 1. The molecule has 0 aliphatic carbocycles. The summed E-state index contributed by atoms with van der Waals surface area (Å²) < 4.78 is 35.9. The number of ether oxygens (including phenoxy) is 1. The van der Waals surface area contributed by atoms with Crippen molar-refractivity contribution in [1.29, 1.82) is 5.26 Å². The lowest BCUT2D eigenvalue weighted by molar-refractivity contribution is 0.483. The second-order valence-electron chi connectivity index (χ2n) is 7.59. The van der Waals surface area contributed by atoms with Crippen molar-refractivity contribution in [3.8, 4) is 28.7 Å². The molecule has 0 saturated heterocycles. The highest BCUT2D eigenvalue weighted by atomic mass is 35.5. The molecule has 2 aromatic heterocycles. The number of nitrogens with zero attached hydrogens (tertiary/aromatic N) is 4. The molecule has 0 bridgehead atoms. The van der Waals surface area contributed by atoms with Gasteiger partial charge in [0.2, 0.25) is 10.0 Å². The van der Waals surface area contributed by atoms with Gasteiger partial charge in [-0.25, -0.2) is 8.42 Å². The van der Waals surface area contributed by atoms with Gasteiger partial charge in [-0.3, -0.25) is 14.2 Å². The fourth-order valence-corrected chi connectivity index (χ4v) is 4.29. The molecule has 174 valence electrons. The molecule has 1 N–H and O–H groups in total. The van der Waals surface area contributed by atoms with Crippen LogP contribution in [0.25, 0.3) is 22.0 Å². The lowest BCUT2D eigenvalue weighted by Gasteiger charge is -2.16. The van der Waals surface area contributed by atoms with Gasteiger partial charge in [-0.15, -0.1) is 0 Å². The van der Waals surface area contributed by atoms with E-state index in [0.29, 0.717) is 38.5 Å². The third-order valence-corrected chi connectivity index (χ3v) is 6.70. The van der Waals surface area contributed by atoms with E-state index in [9.17, 15) is 18.5 Å². The Labute approximate surface area is 200 Å². The predicted molar refractivity (Wildman–Crippen MR) is 131 cm³/mol. The molecule has 0 fully saturated rings. The summed E-state index contributed by atoms with van der Waals surface area (Å²) in [6.07, 6.45) is 3.24. The van der Waals surface area contributed by atoms with E-state index in [2.05, 4.69) is 15.9 Å². The molecule has 0 saturated carbocycles. The average Bonchev–Trinajstić information content (AvgIpc) is 3.20. The second kappa shape index (κ2) is 8.85. The van der Waals surface area contributed by atoms with E-state index >= 15 is 0 Å². The number of pyridine rings is 1. The van der Waals surface area contributed by atoms with Crippen LogP contribution in [0.5, 0.6) is 11.5 Å². The number of hydrogen-bond acceptors (Lipinski definition) is 6. The molecule has 2 heterocycles. The van der Waals surface area contributed by atoms with Gasteiger partial charge in [0.05, 0.1) is 16.7 Å². The zero-order valence-corrected chi connectivity index (χ0v) is 20.1. The van der Waals surface area contributed by atoms with Gasteiger partial charge >= 0.3 is 0 Å². The largest absolute Gasteiger partial charge is 0.455 e. The first-order valence-electron chi connectivity index (χ1n) is 10.2. The normalized spacial score (nSPS) is 11.4. The van der Waals surface area contributed by atoms with Crippen LogP contribution in [0.1, 0.15) is 12.5 Å². The summed E-state index contributed by atoms with van der Waals surface area (Å²) in [6.45, 7) is 1.54. The van der Waals surface area contributed by atoms with Gasteiger partial charge in [0.25, 0.3) is 5.56 Å². The fraction of sp³-hybridized carbons (Fsp3) is 0.174. The Bertz CT molecular complexity index is 1630. The zero-order valence-electron chi connectivity index (χ0n) is 18.5. The monoisotopic (exact) mass is 497 g/mol. The Kier molecular flexibility index (Phi) is 6.08. The van der Waals surface area contributed by atoms with Crippen LogP contribution in [0.3, 0.4) is 0 Å². The fourth-order valence-electron chi connectivity index (χ4n) is 3.49. The molecule has 0 unspecified atom stereocenters. The highest BCUT2D eigenvalue weighted by molar-refractivity contribution is 7.92. The first-order chi connectivity index (χ1) is 16.1. The SMILES string of the molecule is CCS(=O)(=O)Nc1ccc(Oc2ccc(Cl)cc2C#N)c(-c2cn(C)c(=O)c3cn(C)nc23)c1. The van der Waals surface area contributed by atoms with Crippen LogP contribution in [0.4, 0.5) is 5.69 Å². The third-order valence-electron chi connectivity index (χ3n) is 5.16. The highest BCUT2D eigenvalue weighted by Crippen LogP contribution is 2.39. The number of nitriles is 1. The maximum Gasteiger partial charge on any atom is 0.261 e. The van der Waals surface area contributed by atoms with E-state index in [1.807, 2.05) is 0 Å². The molecule has 0 aliphatic heterocycles. The van der Waals surface area contributed by atoms with E-state index < -0.39 is 10.0 Å². The Morgan fingerprint density at radius 2 is 1.85 bits per heavy atom. The van der Waals surface area contributed by atoms with Crippen LogP contribution in [0, 0.1) is 11.3 Å². The lowest BCUT2D eigenvalue weighted by atomic mass is 10.0. The standard InChI is InChI=1S/C23H20ClN5O4S/c1-4-34(31,32)27-16-6-8-21(33-20-7-5-15(24)9-14(20)11-25)17(10-16)18-12-28(2)23(30)19-13-29(3)26-22(18)19/h5-10,12-13,27H,4H2,1-3H3. The molecule has 4 rings (SSSR count). The van der Waals surface area contributed by atoms with E-state index in [-0.39, 0.29) is 22.6 Å². The smallest absolute Gasteiger partial charge is 0.261 e. The molecule has 0 amide bonds. The van der Waals surface area contributed by atoms with Crippen molar-refractivity contribution in [2.75, 3.05) is 10.5 Å². The number of aromatic nitrogens is 3. The average molecular weight is 498 g/mol. The first kappa shape index (κ1) is 23.4. The first-order valence-corrected chi connectivity index (χ1v) is 12.2. The van der Waals surface area contributed by atoms with Crippen molar-refractivity contribution >= 4 is 38.2 Å². The number of benzene rings is 2. The number of halogens is 1. The molecule has 9 nitrogen and oxygen atoms in total. The zero-order chi connectivity index (χ0) is 24.6. The molecular weight excluding hydrogens is 478 g/mol. The van der Waals surface area contributed by atoms with Gasteiger partial charge in [0.1, 0.15) is 23.1 Å². The molecule has 0 spiro atoms. The number of hydrogen-bond donors (Lipinski definition) is 1. The van der Waals surface area contributed by atoms with Gasteiger partial charge in [0.15, 0.2) is 0 Å². The Balaban J connectivity index is 1.96. The minimum absolute atomic E-state index is 0.0960. The van der Waals surface area contributed by atoms with Gasteiger partial charge in [-0.1, -0.05) is 11.6 Å². The van der Waals surface area contributed by atoms with Crippen LogP contribution in [0.15, 0.2) is 53.6 Å². The second-order valence-corrected chi connectivity index (χ2v) is 10.0. The van der Waals surface area contributed by atoms with Crippen molar-refractivity contribution in [2.45, 2.75) is 6.92 Å². The van der Waals surface area contributed by atoms with Crippen molar-refractivity contribution < 1.29 is 13.2 Å². The molecular formula is C23H20ClN5O4S. The molecule has 34 heavy (non-hydrogen) atoms. The van der Waals surface area contributed by atoms with Gasteiger partial charge < -0.3 is 9.30 Å². The van der Waals surface area contributed by atoms with Crippen molar-refractivity contribution in [3.05, 3.63) is 69.7 Å². The number of anilines is 1. The van der Waals surface area contributed by atoms with Crippen LogP contribution < -0.4 is 15.0 Å². The predicted octanol–water partition coefficient (Wildman–Crippen LogP) is 4.02. The maximum absolute atomic E-state index is 12.6. The molecule has 0 atom stereocenters. The number of rotatable bonds is 6.